The van der Waals surface area contributed by atoms with Gasteiger partial charge in [-0.25, -0.2) is 0 Å². The second kappa shape index (κ2) is 2.85. The standard InChI is InChI=1S/C3H3ClO2/c4-1-3(6)2-5/h2H,1H2. The van der Waals surface area contributed by atoms with Gasteiger partial charge < -0.3 is 0 Å². The Bertz CT molecular complexity index is 69.2. The number of halogens is 1. The molecule has 0 atom stereocenters. The van der Waals surface area contributed by atoms with E-state index in [1.54, 1.807) is 0 Å². The molecule has 0 spiro atoms. The third-order valence-corrected chi connectivity index (χ3v) is 0.527. The zero-order chi connectivity index (χ0) is 4.99. The Morgan fingerprint density at radius 3 is 2.33 bits per heavy atom. The molecule has 0 aliphatic carbocycles. The van der Waals surface area contributed by atoms with Crippen molar-refractivity contribution in [3.63, 3.8) is 0 Å². The van der Waals surface area contributed by atoms with E-state index < -0.39 is 5.78 Å². The largest absolute Gasteiger partial charge is 0.295 e. The first-order chi connectivity index (χ1) is 2.81. The highest BCUT2D eigenvalue weighted by molar-refractivity contribution is 6.40. The summed E-state index contributed by atoms with van der Waals surface area (Å²) in [7, 11) is 0. The predicted octanol–water partition coefficient (Wildman–Crippen LogP) is -0.00680. The van der Waals surface area contributed by atoms with Crippen LogP contribution in [0, 0.1) is 0 Å². The molecule has 0 saturated heterocycles. The monoisotopic (exact) mass is 106 g/mol. The molecule has 0 heterocycles. The van der Waals surface area contributed by atoms with Gasteiger partial charge in [0.2, 0.25) is 5.78 Å². The third kappa shape index (κ3) is 1.91. The Kier molecular flexibility index (Phi) is 2.67. The fraction of sp³-hybridized carbons (Fsp3) is 0.333. The first kappa shape index (κ1) is 5.63. The lowest BCUT2D eigenvalue weighted by Crippen LogP contribution is -1.97. The minimum absolute atomic E-state index is 0.201. The number of ketones is 1. The van der Waals surface area contributed by atoms with E-state index in [-0.39, 0.29) is 12.2 Å². The van der Waals surface area contributed by atoms with Gasteiger partial charge in [0, 0.05) is 0 Å². The lowest BCUT2D eigenvalue weighted by Gasteiger charge is -1.69. The van der Waals surface area contributed by atoms with E-state index in [1.165, 1.54) is 0 Å². The molecule has 0 radical (unpaired) electrons. The number of rotatable bonds is 2. The van der Waals surface area contributed by atoms with E-state index in [2.05, 4.69) is 0 Å². The van der Waals surface area contributed by atoms with Crippen molar-refractivity contribution in [2.45, 2.75) is 0 Å². The van der Waals surface area contributed by atoms with Crippen LogP contribution < -0.4 is 0 Å². The topological polar surface area (TPSA) is 34.1 Å². The maximum absolute atomic E-state index is 9.68. The van der Waals surface area contributed by atoms with Crippen molar-refractivity contribution in [1.29, 1.82) is 0 Å². The molecular formula is C3H3ClO2. The average molecular weight is 107 g/mol. The summed E-state index contributed by atoms with van der Waals surface area (Å²) in [6.45, 7) is 0. The van der Waals surface area contributed by atoms with Gasteiger partial charge in [0.25, 0.3) is 0 Å². The SMILES string of the molecule is O=CC(=O)CCl. The molecule has 0 rings (SSSR count). The first-order valence-corrected chi connectivity index (χ1v) is 1.88. The van der Waals surface area contributed by atoms with E-state index >= 15 is 0 Å². The molecule has 0 aromatic rings. The summed E-state index contributed by atoms with van der Waals surface area (Å²) in [5, 5.41) is 0. The molecule has 0 aliphatic heterocycles. The van der Waals surface area contributed by atoms with Crippen molar-refractivity contribution in [3.8, 4) is 0 Å². The highest BCUT2D eigenvalue weighted by Gasteiger charge is 1.89. The molecule has 0 bridgehead atoms. The van der Waals surface area contributed by atoms with Crippen LogP contribution in [0.25, 0.3) is 0 Å². The fourth-order valence-electron chi connectivity index (χ4n) is 0.0315. The lowest BCUT2D eigenvalue weighted by molar-refractivity contribution is -0.128. The smallest absolute Gasteiger partial charge is 0.209 e. The number of Topliss-reactive ketones (excluding diaryl/α,β-unsaturated/α-hetero) is 1. The molecular weight excluding hydrogens is 103 g/mol. The van der Waals surface area contributed by atoms with Gasteiger partial charge in [0.1, 0.15) is 0 Å². The normalized spacial score (nSPS) is 7.50. The summed E-state index contributed by atoms with van der Waals surface area (Å²) in [6.07, 6.45) is 0.201. The number of hydrogen-bond donors (Lipinski definition) is 0. The van der Waals surface area contributed by atoms with E-state index in [1.807, 2.05) is 0 Å². The maximum Gasteiger partial charge on any atom is 0.209 e. The summed E-state index contributed by atoms with van der Waals surface area (Å²) in [6, 6.07) is 0. The number of aldehydes is 1. The lowest BCUT2D eigenvalue weighted by atomic mass is 10.5. The van der Waals surface area contributed by atoms with Gasteiger partial charge in [-0.2, -0.15) is 0 Å². The maximum atomic E-state index is 9.68. The molecule has 2 nitrogen and oxygen atoms in total. The Morgan fingerprint density at radius 2 is 2.33 bits per heavy atom. The predicted molar refractivity (Wildman–Crippen MR) is 21.8 cm³/mol. The molecule has 6 heavy (non-hydrogen) atoms. The molecule has 0 fully saturated rings. The summed E-state index contributed by atoms with van der Waals surface area (Å²) < 4.78 is 0. The fourth-order valence-corrected chi connectivity index (χ4v) is 0.0945. The third-order valence-electron chi connectivity index (χ3n) is 0.263. The summed E-state index contributed by atoms with van der Waals surface area (Å²) in [5.41, 5.74) is 0. The Morgan fingerprint density at radius 1 is 1.83 bits per heavy atom. The van der Waals surface area contributed by atoms with E-state index in [4.69, 9.17) is 11.6 Å². The summed E-state index contributed by atoms with van der Waals surface area (Å²) >= 11 is 4.87. The van der Waals surface area contributed by atoms with Gasteiger partial charge in [0.05, 0.1) is 5.88 Å². The van der Waals surface area contributed by atoms with Crippen LogP contribution >= 0.6 is 11.6 Å². The zero-order valence-electron chi connectivity index (χ0n) is 2.98. The van der Waals surface area contributed by atoms with E-state index in [9.17, 15) is 9.59 Å². The van der Waals surface area contributed by atoms with Crippen molar-refractivity contribution < 1.29 is 9.59 Å². The van der Waals surface area contributed by atoms with E-state index in [0.717, 1.165) is 0 Å². The van der Waals surface area contributed by atoms with Crippen molar-refractivity contribution in [3.05, 3.63) is 0 Å². The molecule has 0 aromatic carbocycles. The van der Waals surface area contributed by atoms with Crippen LogP contribution in [0.15, 0.2) is 0 Å². The van der Waals surface area contributed by atoms with Crippen LogP contribution in [-0.2, 0) is 9.59 Å². The highest BCUT2D eigenvalue weighted by atomic mass is 35.5. The van der Waals surface area contributed by atoms with Crippen molar-refractivity contribution in [2.24, 2.45) is 0 Å². The van der Waals surface area contributed by atoms with Gasteiger partial charge in [-0.3, -0.25) is 9.59 Å². The second-order valence-electron chi connectivity index (χ2n) is 0.718. The number of carbonyl (C=O) groups excluding carboxylic acids is 2. The van der Waals surface area contributed by atoms with Gasteiger partial charge in [0.15, 0.2) is 6.29 Å². The molecule has 3 heteroatoms. The molecule has 0 unspecified atom stereocenters. The molecule has 0 aromatic heterocycles. The molecule has 0 N–H and O–H groups in total. The quantitative estimate of drug-likeness (QED) is 0.282. The molecule has 34 valence electrons. The first-order valence-electron chi connectivity index (χ1n) is 1.35. The average Bonchev–Trinajstić information content (AvgIpc) is 1.65. The minimum atomic E-state index is -0.573. The van der Waals surface area contributed by atoms with Gasteiger partial charge in [-0.1, -0.05) is 0 Å². The summed E-state index contributed by atoms with van der Waals surface area (Å²) in [4.78, 5) is 19.0. The zero-order valence-corrected chi connectivity index (χ0v) is 3.73. The van der Waals surface area contributed by atoms with Crippen LogP contribution in [0.5, 0.6) is 0 Å². The summed E-state index contributed by atoms with van der Waals surface area (Å²) in [5.74, 6) is -0.777. The number of hydrogen-bond acceptors (Lipinski definition) is 2. The highest BCUT2D eigenvalue weighted by Crippen LogP contribution is 1.69. The van der Waals surface area contributed by atoms with Crippen LogP contribution in [0.2, 0.25) is 0 Å². The number of alkyl halides is 1. The minimum Gasteiger partial charge on any atom is -0.295 e. The van der Waals surface area contributed by atoms with Crippen LogP contribution in [0.3, 0.4) is 0 Å². The van der Waals surface area contributed by atoms with Crippen molar-refractivity contribution in [2.75, 3.05) is 5.88 Å². The molecule has 0 saturated carbocycles. The van der Waals surface area contributed by atoms with Crippen LogP contribution in [0.4, 0.5) is 0 Å². The Balaban J connectivity index is 3.23. The molecule has 0 aliphatic rings. The van der Waals surface area contributed by atoms with Crippen molar-refractivity contribution >= 4 is 23.7 Å². The van der Waals surface area contributed by atoms with E-state index in [0.29, 0.717) is 0 Å². The molecule has 0 amide bonds. The van der Waals surface area contributed by atoms with Crippen LogP contribution in [0.1, 0.15) is 0 Å². The number of carbonyl (C=O) groups is 2. The van der Waals surface area contributed by atoms with Gasteiger partial charge in [-0.05, 0) is 0 Å². The van der Waals surface area contributed by atoms with Gasteiger partial charge >= 0.3 is 0 Å². The van der Waals surface area contributed by atoms with Crippen molar-refractivity contribution in [1.82, 2.24) is 0 Å². The van der Waals surface area contributed by atoms with Gasteiger partial charge in [-0.15, -0.1) is 11.6 Å². The second-order valence-corrected chi connectivity index (χ2v) is 0.985. The van der Waals surface area contributed by atoms with Crippen LogP contribution in [-0.4, -0.2) is 17.9 Å². The Hall–Kier alpha value is -0.370. The Labute approximate surface area is 40.1 Å².